The second-order valence-corrected chi connectivity index (χ2v) is 3.80. The topological polar surface area (TPSA) is 37.9 Å². The van der Waals surface area contributed by atoms with Crippen LogP contribution < -0.4 is 0 Å². The summed E-state index contributed by atoms with van der Waals surface area (Å²) < 4.78 is 5.61. The molecule has 0 radical (unpaired) electrons. The lowest BCUT2D eigenvalue weighted by molar-refractivity contribution is 0.177. The second kappa shape index (κ2) is 5.01. The number of H-pyrrole nitrogens is 1. The van der Waals surface area contributed by atoms with E-state index >= 15 is 0 Å². The normalized spacial score (nSPS) is 10.3. The van der Waals surface area contributed by atoms with Crippen molar-refractivity contribution in [2.45, 2.75) is 6.61 Å². The molecule has 0 saturated heterocycles. The highest BCUT2D eigenvalue weighted by Crippen LogP contribution is 2.16. The first-order valence-corrected chi connectivity index (χ1v) is 5.35. The molecule has 0 spiro atoms. The summed E-state index contributed by atoms with van der Waals surface area (Å²) in [4.78, 5) is 7.38. The van der Waals surface area contributed by atoms with Crippen LogP contribution in [0.3, 0.4) is 0 Å². The number of ether oxygens (including phenoxy) is 1. The Bertz CT molecular complexity index is 522. The maximum atomic E-state index is 5.11. The number of nitrogens with one attached hydrogen (secondary N) is 1. The first kappa shape index (κ1) is 11.0. The average molecular weight is 232 g/mol. The van der Waals surface area contributed by atoms with Crippen LogP contribution in [-0.4, -0.2) is 17.1 Å². The minimum Gasteiger partial charge on any atom is -0.377 e. The summed E-state index contributed by atoms with van der Waals surface area (Å²) in [5.41, 5.74) is 2.06. The molecule has 1 aromatic carbocycles. The predicted molar refractivity (Wildman–Crippen MR) is 65.6 cm³/mol. The molecular formula is C12H12N2OS. The van der Waals surface area contributed by atoms with Gasteiger partial charge in [-0.25, -0.2) is 4.98 Å². The number of rotatable bonds is 3. The zero-order valence-corrected chi connectivity index (χ0v) is 9.75. The molecule has 0 aliphatic rings. The second-order valence-electron chi connectivity index (χ2n) is 3.38. The molecule has 0 fully saturated rings. The number of nitrogens with zero attached hydrogens (tertiary/aromatic N) is 1. The molecule has 3 nitrogen and oxygen atoms in total. The molecule has 0 bridgehead atoms. The smallest absolute Gasteiger partial charge is 0.134 e. The van der Waals surface area contributed by atoms with Gasteiger partial charge >= 0.3 is 0 Å². The molecule has 4 heteroatoms. The lowest BCUT2D eigenvalue weighted by Gasteiger charge is -2.05. The molecule has 1 N–H and O–H groups in total. The van der Waals surface area contributed by atoms with Crippen LogP contribution in [0.5, 0.6) is 0 Å². The number of benzene rings is 1. The standard InChI is InChI=1S/C12H12N2OS/c1-15-8-11-13-10(7-12(16)14-11)9-5-3-2-4-6-9/h2-7H,8H2,1H3,(H,13,14,16). The van der Waals surface area contributed by atoms with E-state index in [1.54, 1.807) is 7.11 Å². The van der Waals surface area contributed by atoms with E-state index < -0.39 is 0 Å². The molecule has 0 amide bonds. The maximum absolute atomic E-state index is 5.11. The fourth-order valence-corrected chi connectivity index (χ4v) is 1.71. The van der Waals surface area contributed by atoms with Gasteiger partial charge in [0.05, 0.1) is 0 Å². The summed E-state index contributed by atoms with van der Waals surface area (Å²) in [5, 5.41) is 0. The van der Waals surface area contributed by atoms with Crippen LogP contribution in [0.2, 0.25) is 0 Å². The van der Waals surface area contributed by atoms with Crippen molar-refractivity contribution >= 4 is 12.2 Å². The minimum absolute atomic E-state index is 0.435. The maximum Gasteiger partial charge on any atom is 0.134 e. The first-order chi connectivity index (χ1) is 7.79. The first-order valence-electron chi connectivity index (χ1n) is 4.94. The van der Waals surface area contributed by atoms with Crippen molar-refractivity contribution in [2.75, 3.05) is 7.11 Å². The number of methoxy groups -OCH3 is 1. The van der Waals surface area contributed by atoms with Gasteiger partial charge in [-0.2, -0.15) is 0 Å². The lowest BCUT2D eigenvalue weighted by atomic mass is 10.1. The highest BCUT2D eigenvalue weighted by Gasteiger charge is 2.00. The van der Waals surface area contributed by atoms with E-state index in [0.29, 0.717) is 11.2 Å². The largest absolute Gasteiger partial charge is 0.377 e. The molecule has 2 aromatic rings. The van der Waals surface area contributed by atoms with Crippen LogP contribution in [0, 0.1) is 4.64 Å². The summed E-state index contributed by atoms with van der Waals surface area (Å²) in [5.74, 6) is 0.744. The van der Waals surface area contributed by atoms with Crippen LogP contribution in [0.4, 0.5) is 0 Å². The van der Waals surface area contributed by atoms with Crippen LogP contribution in [0.1, 0.15) is 5.82 Å². The number of hydrogen-bond acceptors (Lipinski definition) is 3. The number of hydrogen-bond donors (Lipinski definition) is 1. The van der Waals surface area contributed by atoms with Crippen molar-refractivity contribution < 1.29 is 4.74 Å². The molecule has 0 unspecified atom stereocenters. The molecule has 0 aliphatic heterocycles. The lowest BCUT2D eigenvalue weighted by Crippen LogP contribution is -1.98. The van der Waals surface area contributed by atoms with Gasteiger partial charge in [0.2, 0.25) is 0 Å². The van der Waals surface area contributed by atoms with Crippen molar-refractivity contribution in [2.24, 2.45) is 0 Å². The summed E-state index contributed by atoms with van der Waals surface area (Å²) in [6, 6.07) is 11.9. The van der Waals surface area contributed by atoms with E-state index in [1.807, 2.05) is 36.4 Å². The summed E-state index contributed by atoms with van der Waals surface area (Å²) >= 11 is 5.11. The van der Waals surface area contributed by atoms with Crippen molar-refractivity contribution in [1.82, 2.24) is 9.97 Å². The molecular weight excluding hydrogens is 220 g/mol. The Labute approximate surface area is 99.1 Å². The summed E-state index contributed by atoms with van der Waals surface area (Å²) in [6.07, 6.45) is 0. The van der Waals surface area contributed by atoms with E-state index in [-0.39, 0.29) is 0 Å². The fourth-order valence-electron chi connectivity index (χ4n) is 1.49. The van der Waals surface area contributed by atoms with Gasteiger partial charge in [-0.1, -0.05) is 42.5 Å². The van der Waals surface area contributed by atoms with Gasteiger partial charge in [-0.05, 0) is 11.6 Å². The summed E-state index contributed by atoms with van der Waals surface area (Å²) in [7, 11) is 1.63. The zero-order valence-electron chi connectivity index (χ0n) is 8.93. The zero-order chi connectivity index (χ0) is 11.4. The molecule has 1 aromatic heterocycles. The molecule has 2 rings (SSSR count). The fraction of sp³-hybridized carbons (Fsp3) is 0.167. The predicted octanol–water partition coefficient (Wildman–Crippen LogP) is 2.95. The van der Waals surface area contributed by atoms with Gasteiger partial charge in [0.25, 0.3) is 0 Å². The Hall–Kier alpha value is -1.52. The quantitative estimate of drug-likeness (QED) is 0.827. The molecule has 16 heavy (non-hydrogen) atoms. The third-order valence-electron chi connectivity index (χ3n) is 2.16. The van der Waals surface area contributed by atoms with Crippen molar-refractivity contribution in [3.05, 3.63) is 46.9 Å². The molecule has 82 valence electrons. The Kier molecular flexibility index (Phi) is 3.44. The van der Waals surface area contributed by atoms with E-state index in [2.05, 4.69) is 9.97 Å². The number of aromatic nitrogens is 2. The van der Waals surface area contributed by atoms with Gasteiger partial charge < -0.3 is 9.72 Å². The highest BCUT2D eigenvalue weighted by molar-refractivity contribution is 7.71. The van der Waals surface area contributed by atoms with Crippen LogP contribution in [0.15, 0.2) is 36.4 Å². The molecule has 0 aliphatic carbocycles. The third kappa shape index (κ3) is 2.53. The van der Waals surface area contributed by atoms with Gasteiger partial charge in [-0.15, -0.1) is 0 Å². The van der Waals surface area contributed by atoms with Gasteiger partial charge in [0.1, 0.15) is 17.1 Å². The Balaban J connectivity index is 2.45. The van der Waals surface area contributed by atoms with Gasteiger partial charge in [0.15, 0.2) is 0 Å². The van der Waals surface area contributed by atoms with Gasteiger partial charge in [0, 0.05) is 12.8 Å². The summed E-state index contributed by atoms with van der Waals surface area (Å²) in [6.45, 7) is 0.435. The Morgan fingerprint density at radius 2 is 2.06 bits per heavy atom. The van der Waals surface area contributed by atoms with Crippen LogP contribution in [0.25, 0.3) is 11.3 Å². The number of aromatic amines is 1. The molecule has 0 saturated carbocycles. The van der Waals surface area contributed by atoms with E-state index in [4.69, 9.17) is 17.0 Å². The van der Waals surface area contributed by atoms with E-state index in [1.165, 1.54) is 0 Å². The minimum atomic E-state index is 0.435. The monoisotopic (exact) mass is 232 g/mol. The average Bonchev–Trinajstić information content (AvgIpc) is 2.30. The van der Waals surface area contributed by atoms with Crippen molar-refractivity contribution in [3.63, 3.8) is 0 Å². The van der Waals surface area contributed by atoms with Crippen LogP contribution >= 0.6 is 12.2 Å². The SMILES string of the molecule is COCc1nc(=S)cc(-c2ccccc2)[nH]1. The molecule has 0 atom stereocenters. The molecule has 1 heterocycles. The van der Waals surface area contributed by atoms with Gasteiger partial charge in [-0.3, -0.25) is 0 Å². The highest BCUT2D eigenvalue weighted by atomic mass is 32.1. The van der Waals surface area contributed by atoms with Crippen molar-refractivity contribution in [3.8, 4) is 11.3 Å². The Morgan fingerprint density at radius 1 is 1.31 bits per heavy atom. The van der Waals surface area contributed by atoms with Crippen molar-refractivity contribution in [1.29, 1.82) is 0 Å². The van der Waals surface area contributed by atoms with E-state index in [9.17, 15) is 0 Å². The van der Waals surface area contributed by atoms with Crippen LogP contribution in [-0.2, 0) is 11.3 Å². The van der Waals surface area contributed by atoms with E-state index in [0.717, 1.165) is 17.1 Å². The third-order valence-corrected chi connectivity index (χ3v) is 2.37. The Morgan fingerprint density at radius 3 is 2.75 bits per heavy atom.